The van der Waals surface area contributed by atoms with Crippen LogP contribution in [0.3, 0.4) is 0 Å². The second-order valence-corrected chi connectivity index (χ2v) is 9.43. The lowest BCUT2D eigenvalue weighted by Gasteiger charge is -2.35. The van der Waals surface area contributed by atoms with Gasteiger partial charge in [0.25, 0.3) is 5.56 Å². The van der Waals surface area contributed by atoms with Crippen molar-refractivity contribution >= 4 is 5.82 Å². The van der Waals surface area contributed by atoms with Crippen LogP contribution in [0.1, 0.15) is 50.3 Å². The quantitative estimate of drug-likeness (QED) is 0.389. The first-order chi connectivity index (χ1) is 16.7. The van der Waals surface area contributed by atoms with Gasteiger partial charge in [0.1, 0.15) is 5.82 Å². The van der Waals surface area contributed by atoms with Gasteiger partial charge in [0.2, 0.25) is 0 Å². The molecule has 1 aliphatic rings. The number of piperazine rings is 1. The molecule has 0 spiro atoms. The van der Waals surface area contributed by atoms with E-state index in [1.165, 1.54) is 24.8 Å². The van der Waals surface area contributed by atoms with Crippen LogP contribution in [-0.2, 0) is 13.0 Å². The standard InChI is InChI=1S/C28H39N5O/c1-3-4-5-7-13-26-23-28(34)32(33(26)25-11-8-6-9-12-25)17-10-16-30-18-20-31(21-19-30)27-22-24(2)14-15-29-27/h6,8-9,11-12,14-15,22-23H,3-5,7,10,13,16-21H2,1-2H3. The number of hydrogen-bond acceptors (Lipinski definition) is 4. The van der Waals surface area contributed by atoms with E-state index in [4.69, 9.17) is 0 Å². The largest absolute Gasteiger partial charge is 0.354 e. The Morgan fingerprint density at radius 3 is 2.41 bits per heavy atom. The van der Waals surface area contributed by atoms with Crippen LogP contribution >= 0.6 is 0 Å². The number of aromatic nitrogens is 3. The average molecular weight is 462 g/mol. The summed E-state index contributed by atoms with van der Waals surface area (Å²) in [6.07, 6.45) is 8.64. The summed E-state index contributed by atoms with van der Waals surface area (Å²) in [5, 5.41) is 0. The molecule has 0 aliphatic carbocycles. The Hall–Kier alpha value is -2.86. The highest BCUT2D eigenvalue weighted by Crippen LogP contribution is 2.16. The van der Waals surface area contributed by atoms with Gasteiger partial charge in [-0.3, -0.25) is 14.4 Å². The van der Waals surface area contributed by atoms with Crippen molar-refractivity contribution in [2.45, 2.75) is 58.9 Å². The topological polar surface area (TPSA) is 46.3 Å². The van der Waals surface area contributed by atoms with Crippen LogP contribution in [-0.4, -0.2) is 52.0 Å². The summed E-state index contributed by atoms with van der Waals surface area (Å²) in [5.74, 6) is 1.08. The van der Waals surface area contributed by atoms with E-state index in [9.17, 15) is 4.79 Å². The maximum Gasteiger partial charge on any atom is 0.267 e. The molecule has 6 heteroatoms. The first-order valence-electron chi connectivity index (χ1n) is 12.9. The normalized spacial score (nSPS) is 14.6. The Bertz CT molecular complexity index is 1080. The molecule has 0 atom stereocenters. The van der Waals surface area contributed by atoms with E-state index in [1.54, 1.807) is 0 Å². The number of unbranched alkanes of at least 4 members (excludes halogenated alkanes) is 3. The zero-order valence-corrected chi connectivity index (χ0v) is 20.8. The van der Waals surface area contributed by atoms with E-state index < -0.39 is 0 Å². The van der Waals surface area contributed by atoms with Crippen molar-refractivity contribution < 1.29 is 0 Å². The van der Waals surface area contributed by atoms with Crippen LogP contribution in [0.2, 0.25) is 0 Å². The molecule has 1 fully saturated rings. The Kier molecular flexibility index (Phi) is 8.58. The fourth-order valence-corrected chi connectivity index (χ4v) is 4.87. The highest BCUT2D eigenvalue weighted by Gasteiger charge is 2.18. The van der Waals surface area contributed by atoms with Gasteiger partial charge in [-0.05, 0) is 56.0 Å². The summed E-state index contributed by atoms with van der Waals surface area (Å²) in [6, 6.07) is 16.4. The number of nitrogens with zero attached hydrogens (tertiary/aromatic N) is 5. The number of benzene rings is 1. The van der Waals surface area contributed by atoms with Crippen LogP contribution in [0, 0.1) is 6.92 Å². The molecule has 2 aromatic heterocycles. The molecule has 3 aromatic rings. The number of anilines is 1. The van der Waals surface area contributed by atoms with Crippen LogP contribution < -0.4 is 10.5 Å². The van der Waals surface area contributed by atoms with E-state index in [1.807, 2.05) is 41.2 Å². The number of aryl methyl sites for hydroxylation is 2. The molecule has 0 unspecified atom stereocenters. The van der Waals surface area contributed by atoms with Gasteiger partial charge in [-0.2, -0.15) is 0 Å². The molecule has 6 nitrogen and oxygen atoms in total. The molecule has 0 amide bonds. The van der Waals surface area contributed by atoms with Crippen molar-refractivity contribution in [2.24, 2.45) is 0 Å². The summed E-state index contributed by atoms with van der Waals surface area (Å²) >= 11 is 0. The second kappa shape index (κ2) is 12.0. The van der Waals surface area contributed by atoms with Crippen LogP contribution in [0.4, 0.5) is 5.82 Å². The SMILES string of the molecule is CCCCCCc1cc(=O)n(CCCN2CCN(c3cc(C)ccn3)CC2)n1-c1ccccc1. The first-order valence-corrected chi connectivity index (χ1v) is 12.9. The number of pyridine rings is 1. The van der Waals surface area contributed by atoms with Gasteiger partial charge in [-0.25, -0.2) is 9.67 Å². The average Bonchev–Trinajstić information content (AvgIpc) is 3.17. The highest BCUT2D eigenvalue weighted by atomic mass is 16.1. The minimum atomic E-state index is 0.115. The van der Waals surface area contributed by atoms with Gasteiger partial charge in [0.15, 0.2) is 0 Å². The molecule has 182 valence electrons. The Balaban J connectivity index is 1.36. The Labute approximate surface area is 203 Å². The number of para-hydroxylation sites is 1. The van der Waals surface area contributed by atoms with Gasteiger partial charge in [-0.15, -0.1) is 0 Å². The molecule has 34 heavy (non-hydrogen) atoms. The van der Waals surface area contributed by atoms with Gasteiger partial charge >= 0.3 is 0 Å². The third-order valence-electron chi connectivity index (χ3n) is 6.79. The molecular formula is C28H39N5O. The maximum absolute atomic E-state index is 12.9. The predicted molar refractivity (Wildman–Crippen MR) is 140 cm³/mol. The Morgan fingerprint density at radius 2 is 1.68 bits per heavy atom. The van der Waals surface area contributed by atoms with Gasteiger partial charge < -0.3 is 4.90 Å². The van der Waals surface area contributed by atoms with Crippen LogP contribution in [0.15, 0.2) is 59.5 Å². The van der Waals surface area contributed by atoms with Gasteiger partial charge in [-0.1, -0.05) is 44.4 Å². The summed E-state index contributed by atoms with van der Waals surface area (Å²) in [6.45, 7) is 10.2. The summed E-state index contributed by atoms with van der Waals surface area (Å²) in [7, 11) is 0. The van der Waals surface area contributed by atoms with Crippen molar-refractivity contribution in [3.05, 3.63) is 76.3 Å². The predicted octanol–water partition coefficient (Wildman–Crippen LogP) is 4.68. The molecule has 0 saturated carbocycles. The lowest BCUT2D eigenvalue weighted by Crippen LogP contribution is -2.47. The van der Waals surface area contributed by atoms with Crippen molar-refractivity contribution in [2.75, 3.05) is 37.6 Å². The summed E-state index contributed by atoms with van der Waals surface area (Å²) < 4.78 is 4.10. The van der Waals surface area contributed by atoms with Gasteiger partial charge in [0, 0.05) is 57.2 Å². The van der Waals surface area contributed by atoms with Crippen molar-refractivity contribution in [1.82, 2.24) is 19.2 Å². The lowest BCUT2D eigenvalue weighted by atomic mass is 10.1. The van der Waals surface area contributed by atoms with Gasteiger partial charge in [0.05, 0.1) is 5.69 Å². The molecule has 0 N–H and O–H groups in total. The maximum atomic E-state index is 12.9. The second-order valence-electron chi connectivity index (χ2n) is 9.43. The zero-order chi connectivity index (χ0) is 23.8. The number of hydrogen-bond donors (Lipinski definition) is 0. The van der Waals surface area contributed by atoms with Crippen LogP contribution in [0.5, 0.6) is 0 Å². The van der Waals surface area contributed by atoms with Crippen molar-refractivity contribution in [1.29, 1.82) is 0 Å². The van der Waals surface area contributed by atoms with Crippen LogP contribution in [0.25, 0.3) is 5.69 Å². The van der Waals surface area contributed by atoms with E-state index in [0.29, 0.717) is 0 Å². The lowest BCUT2D eigenvalue weighted by molar-refractivity contribution is 0.247. The van der Waals surface area contributed by atoms with E-state index >= 15 is 0 Å². The zero-order valence-electron chi connectivity index (χ0n) is 20.8. The van der Waals surface area contributed by atoms with E-state index in [0.717, 1.165) is 75.7 Å². The van der Waals surface area contributed by atoms with E-state index in [-0.39, 0.29) is 5.56 Å². The third kappa shape index (κ3) is 6.17. The number of rotatable bonds is 11. The molecular weight excluding hydrogens is 422 g/mol. The fraction of sp³-hybridized carbons (Fsp3) is 0.500. The molecule has 1 aromatic carbocycles. The minimum Gasteiger partial charge on any atom is -0.354 e. The van der Waals surface area contributed by atoms with Crippen molar-refractivity contribution in [3.8, 4) is 5.69 Å². The highest BCUT2D eigenvalue weighted by molar-refractivity contribution is 5.41. The van der Waals surface area contributed by atoms with Crippen molar-refractivity contribution in [3.63, 3.8) is 0 Å². The molecule has 0 radical (unpaired) electrons. The molecule has 0 bridgehead atoms. The molecule has 1 aliphatic heterocycles. The third-order valence-corrected chi connectivity index (χ3v) is 6.79. The smallest absolute Gasteiger partial charge is 0.267 e. The summed E-state index contributed by atoms with van der Waals surface area (Å²) in [5.41, 5.74) is 3.58. The monoisotopic (exact) mass is 461 g/mol. The minimum absolute atomic E-state index is 0.115. The summed E-state index contributed by atoms with van der Waals surface area (Å²) in [4.78, 5) is 22.4. The fourth-order valence-electron chi connectivity index (χ4n) is 4.87. The Morgan fingerprint density at radius 1 is 0.882 bits per heavy atom. The molecule has 4 rings (SSSR count). The molecule has 3 heterocycles. The molecule has 1 saturated heterocycles. The first kappa shape index (κ1) is 24.3. The van der Waals surface area contributed by atoms with E-state index in [2.05, 4.69) is 51.5 Å².